The van der Waals surface area contributed by atoms with Crippen LogP contribution < -0.4 is 25.2 Å². The molecule has 1 aromatic carbocycles. The third-order valence-corrected chi connectivity index (χ3v) is 5.44. The summed E-state index contributed by atoms with van der Waals surface area (Å²) in [6, 6.07) is 4.96. The number of carbonyl (C=O) groups excluding carboxylic acids is 1. The average Bonchev–Trinajstić information content (AvgIpc) is 3.20. The lowest BCUT2D eigenvalue weighted by Crippen LogP contribution is -2.36. The molecule has 0 saturated carbocycles. The molecule has 2 aromatic heterocycles. The number of morpholine rings is 1. The van der Waals surface area contributed by atoms with Gasteiger partial charge >= 0.3 is 0 Å². The zero-order valence-corrected chi connectivity index (χ0v) is 16.7. The van der Waals surface area contributed by atoms with Crippen molar-refractivity contribution in [3.8, 4) is 11.5 Å². The summed E-state index contributed by atoms with van der Waals surface area (Å²) >= 11 is 1.30. The van der Waals surface area contributed by atoms with Crippen molar-refractivity contribution in [3.05, 3.63) is 40.3 Å². The van der Waals surface area contributed by atoms with E-state index in [-0.39, 0.29) is 5.56 Å². The third kappa shape index (κ3) is 3.74. The molecule has 11 heteroatoms. The number of nitrogens with zero attached hydrogens (tertiary/aromatic N) is 4. The fraction of sp³-hybridized carbons (Fsp3) is 0.333. The first kappa shape index (κ1) is 19.2. The van der Waals surface area contributed by atoms with E-state index < -0.39 is 11.5 Å². The minimum atomic E-state index is -0.596. The molecule has 1 fully saturated rings. The molecular weight excluding hydrogens is 398 g/mol. The molecule has 0 unspecified atom stereocenters. The van der Waals surface area contributed by atoms with Crippen LogP contribution in [-0.4, -0.2) is 61.0 Å². The number of rotatable bonds is 5. The van der Waals surface area contributed by atoms with Crippen molar-refractivity contribution < 1.29 is 19.0 Å². The lowest BCUT2D eigenvalue weighted by Gasteiger charge is -2.25. The molecule has 3 aromatic rings. The summed E-state index contributed by atoms with van der Waals surface area (Å²) in [5.74, 6) is 0.400. The van der Waals surface area contributed by atoms with Crippen LogP contribution in [0.4, 0.5) is 10.8 Å². The Morgan fingerprint density at radius 2 is 2.03 bits per heavy atom. The SMILES string of the molecule is COc1ccc(NC(=O)c2cnc3sc(N4CCOCC4)nn3c2=O)c(OC)c1. The van der Waals surface area contributed by atoms with Crippen LogP contribution >= 0.6 is 11.3 Å². The quantitative estimate of drug-likeness (QED) is 0.661. The Morgan fingerprint density at radius 1 is 1.24 bits per heavy atom. The van der Waals surface area contributed by atoms with E-state index >= 15 is 0 Å². The Hall–Kier alpha value is -3.18. The van der Waals surface area contributed by atoms with Crippen LogP contribution in [0.15, 0.2) is 29.2 Å². The number of aromatic nitrogens is 3. The first-order chi connectivity index (χ1) is 14.1. The van der Waals surface area contributed by atoms with Gasteiger partial charge in [0.2, 0.25) is 10.1 Å². The van der Waals surface area contributed by atoms with Gasteiger partial charge in [0.05, 0.1) is 33.1 Å². The molecule has 0 bridgehead atoms. The first-order valence-electron chi connectivity index (χ1n) is 8.85. The van der Waals surface area contributed by atoms with Crippen LogP contribution in [0.5, 0.6) is 11.5 Å². The molecule has 0 spiro atoms. The second-order valence-corrected chi connectivity index (χ2v) is 7.11. The molecule has 1 amide bonds. The number of hydrogen-bond donors (Lipinski definition) is 1. The largest absolute Gasteiger partial charge is 0.497 e. The van der Waals surface area contributed by atoms with Gasteiger partial charge in [0.1, 0.15) is 17.1 Å². The second kappa shape index (κ2) is 8.05. The number of ether oxygens (including phenoxy) is 3. The Balaban J connectivity index is 1.63. The fourth-order valence-corrected chi connectivity index (χ4v) is 3.82. The summed E-state index contributed by atoms with van der Waals surface area (Å²) in [5.41, 5.74) is -0.231. The molecule has 1 aliphatic heterocycles. The Labute approximate surface area is 169 Å². The van der Waals surface area contributed by atoms with E-state index in [1.807, 2.05) is 4.90 Å². The molecule has 1 saturated heterocycles. The highest BCUT2D eigenvalue weighted by molar-refractivity contribution is 7.20. The Morgan fingerprint density at radius 3 is 2.76 bits per heavy atom. The van der Waals surface area contributed by atoms with Gasteiger partial charge in [-0.15, -0.1) is 5.10 Å². The zero-order valence-electron chi connectivity index (χ0n) is 15.9. The van der Waals surface area contributed by atoms with E-state index in [4.69, 9.17) is 14.2 Å². The van der Waals surface area contributed by atoms with Crippen molar-refractivity contribution >= 4 is 33.0 Å². The maximum atomic E-state index is 12.8. The monoisotopic (exact) mass is 417 g/mol. The average molecular weight is 417 g/mol. The van der Waals surface area contributed by atoms with Crippen LogP contribution in [-0.2, 0) is 4.74 Å². The highest BCUT2D eigenvalue weighted by Crippen LogP contribution is 2.29. The topological polar surface area (TPSA) is 107 Å². The highest BCUT2D eigenvalue weighted by atomic mass is 32.1. The Kier molecular flexibility index (Phi) is 5.32. The van der Waals surface area contributed by atoms with E-state index in [1.54, 1.807) is 18.2 Å². The predicted molar refractivity (Wildman–Crippen MR) is 108 cm³/mol. The fourth-order valence-electron chi connectivity index (χ4n) is 2.91. The van der Waals surface area contributed by atoms with Gasteiger partial charge in [-0.3, -0.25) is 9.59 Å². The van der Waals surface area contributed by atoms with Gasteiger partial charge in [-0.25, -0.2) is 4.98 Å². The van der Waals surface area contributed by atoms with Crippen molar-refractivity contribution in [3.63, 3.8) is 0 Å². The highest BCUT2D eigenvalue weighted by Gasteiger charge is 2.20. The van der Waals surface area contributed by atoms with Crippen molar-refractivity contribution in [1.29, 1.82) is 0 Å². The number of fused-ring (bicyclic) bond motifs is 1. The van der Waals surface area contributed by atoms with Gasteiger partial charge in [-0.1, -0.05) is 11.3 Å². The maximum absolute atomic E-state index is 12.8. The van der Waals surface area contributed by atoms with Crippen LogP contribution in [0.25, 0.3) is 4.96 Å². The van der Waals surface area contributed by atoms with Crippen LogP contribution in [0.2, 0.25) is 0 Å². The first-order valence-corrected chi connectivity index (χ1v) is 9.67. The molecule has 1 aliphatic rings. The summed E-state index contributed by atoms with van der Waals surface area (Å²) in [5, 5.41) is 7.71. The lowest BCUT2D eigenvalue weighted by atomic mass is 10.2. The van der Waals surface area contributed by atoms with Gasteiger partial charge in [-0.2, -0.15) is 4.52 Å². The van der Waals surface area contributed by atoms with Gasteiger partial charge in [0, 0.05) is 25.4 Å². The third-order valence-electron chi connectivity index (χ3n) is 4.46. The summed E-state index contributed by atoms with van der Waals surface area (Å²) in [6.07, 6.45) is 1.27. The van der Waals surface area contributed by atoms with Crippen molar-refractivity contribution in [2.45, 2.75) is 0 Å². The molecule has 0 atom stereocenters. The summed E-state index contributed by atoms with van der Waals surface area (Å²) in [4.78, 5) is 32.2. The van der Waals surface area contributed by atoms with Crippen molar-refractivity contribution in [1.82, 2.24) is 14.6 Å². The minimum absolute atomic E-state index is 0.112. The molecule has 10 nitrogen and oxygen atoms in total. The van der Waals surface area contributed by atoms with E-state index in [1.165, 1.54) is 31.8 Å². The van der Waals surface area contributed by atoms with E-state index in [9.17, 15) is 9.59 Å². The van der Waals surface area contributed by atoms with E-state index in [0.29, 0.717) is 53.6 Å². The smallest absolute Gasteiger partial charge is 0.288 e. The molecule has 152 valence electrons. The molecule has 1 N–H and O–H groups in total. The number of anilines is 2. The predicted octanol–water partition coefficient (Wildman–Crippen LogP) is 1.26. The number of amides is 1. The number of methoxy groups -OCH3 is 2. The second-order valence-electron chi connectivity index (χ2n) is 6.18. The van der Waals surface area contributed by atoms with Crippen LogP contribution in [0.1, 0.15) is 10.4 Å². The van der Waals surface area contributed by atoms with Crippen LogP contribution in [0.3, 0.4) is 0 Å². The van der Waals surface area contributed by atoms with Crippen LogP contribution in [0, 0.1) is 0 Å². The van der Waals surface area contributed by atoms with Crippen molar-refractivity contribution in [2.24, 2.45) is 0 Å². The van der Waals surface area contributed by atoms with Gasteiger partial charge < -0.3 is 24.4 Å². The number of nitrogens with one attached hydrogen (secondary N) is 1. The van der Waals surface area contributed by atoms with E-state index in [0.717, 1.165) is 4.52 Å². The minimum Gasteiger partial charge on any atom is -0.497 e. The number of carbonyl (C=O) groups is 1. The zero-order chi connectivity index (χ0) is 20.4. The molecule has 29 heavy (non-hydrogen) atoms. The van der Waals surface area contributed by atoms with Gasteiger partial charge in [0.25, 0.3) is 11.5 Å². The van der Waals surface area contributed by atoms with E-state index in [2.05, 4.69) is 15.4 Å². The molecule has 0 aliphatic carbocycles. The lowest BCUT2D eigenvalue weighted by molar-refractivity contribution is 0.102. The molecule has 3 heterocycles. The van der Waals surface area contributed by atoms with Gasteiger partial charge in [0.15, 0.2) is 0 Å². The summed E-state index contributed by atoms with van der Waals surface area (Å²) in [7, 11) is 3.02. The van der Waals surface area contributed by atoms with Crippen molar-refractivity contribution in [2.75, 3.05) is 50.7 Å². The molecule has 4 rings (SSSR count). The summed E-state index contributed by atoms with van der Waals surface area (Å²) in [6.45, 7) is 2.60. The number of benzene rings is 1. The normalized spacial score (nSPS) is 14.1. The summed E-state index contributed by atoms with van der Waals surface area (Å²) < 4.78 is 16.9. The molecular formula is C18H19N5O5S. The standard InChI is InChI=1S/C18H19N5O5S/c1-26-11-3-4-13(14(9-11)27-2)20-15(24)12-10-19-17-23(16(12)25)21-18(29-17)22-5-7-28-8-6-22/h3-4,9-10H,5-8H2,1-2H3,(H,20,24). The van der Waals surface area contributed by atoms with Gasteiger partial charge in [-0.05, 0) is 12.1 Å². The Bertz CT molecular complexity index is 1110. The molecule has 0 radical (unpaired) electrons. The maximum Gasteiger partial charge on any atom is 0.288 e. The number of hydrogen-bond acceptors (Lipinski definition) is 9.